The summed E-state index contributed by atoms with van der Waals surface area (Å²) in [5.74, 6) is 0. The molecule has 2 N–H and O–H groups in total. The molecule has 1 heterocycles. The number of nitrogens with one attached hydrogen (secondary N) is 2. The van der Waals surface area contributed by atoms with Gasteiger partial charge < -0.3 is 20.3 Å². The number of piperidine rings is 1. The molecule has 6 heteroatoms. The zero-order chi connectivity index (χ0) is 13.8. The zero-order valence-corrected chi connectivity index (χ0v) is 11.6. The summed E-state index contributed by atoms with van der Waals surface area (Å²) in [6, 6.07) is 0.0199. The maximum Gasteiger partial charge on any atom is 0.407 e. The molecule has 0 aromatic rings. The predicted molar refractivity (Wildman–Crippen MR) is 68.4 cm³/mol. The van der Waals surface area contributed by atoms with Crippen molar-refractivity contribution in [2.24, 2.45) is 0 Å². The lowest BCUT2D eigenvalue weighted by Gasteiger charge is -2.32. The first-order valence-corrected chi connectivity index (χ1v) is 6.28. The molecule has 1 aliphatic heterocycles. The molecule has 3 amide bonds. The fourth-order valence-corrected chi connectivity index (χ4v) is 1.86. The minimum atomic E-state index is -0.479. The average molecular weight is 257 g/mol. The van der Waals surface area contributed by atoms with E-state index in [0.29, 0.717) is 13.1 Å². The molecule has 0 aromatic carbocycles. The molecule has 0 spiro atoms. The van der Waals surface area contributed by atoms with Crippen LogP contribution in [0.25, 0.3) is 0 Å². The van der Waals surface area contributed by atoms with Crippen LogP contribution in [0, 0.1) is 0 Å². The molecule has 0 aliphatic carbocycles. The van der Waals surface area contributed by atoms with Gasteiger partial charge in [0.05, 0.1) is 0 Å². The van der Waals surface area contributed by atoms with Crippen molar-refractivity contribution in [3.63, 3.8) is 0 Å². The van der Waals surface area contributed by atoms with Crippen molar-refractivity contribution < 1.29 is 14.3 Å². The minimum absolute atomic E-state index is 0.0641. The maximum atomic E-state index is 11.6. The van der Waals surface area contributed by atoms with Crippen molar-refractivity contribution in [2.45, 2.75) is 45.3 Å². The molecule has 0 bridgehead atoms. The Kier molecular flexibility index (Phi) is 4.81. The summed E-state index contributed by atoms with van der Waals surface area (Å²) in [5, 5.41) is 5.43. The number of amides is 3. The fraction of sp³-hybridized carbons (Fsp3) is 0.833. The molecule has 0 unspecified atom stereocenters. The largest absolute Gasteiger partial charge is 0.444 e. The van der Waals surface area contributed by atoms with Gasteiger partial charge in [0.2, 0.25) is 0 Å². The van der Waals surface area contributed by atoms with Crippen LogP contribution in [0.2, 0.25) is 0 Å². The highest BCUT2D eigenvalue weighted by Crippen LogP contribution is 2.12. The predicted octanol–water partition coefficient (Wildman–Crippen LogP) is 1.31. The lowest BCUT2D eigenvalue weighted by atomic mass is 10.1. The van der Waals surface area contributed by atoms with Crippen molar-refractivity contribution in [1.82, 2.24) is 15.5 Å². The Bertz CT molecular complexity index is 304. The summed E-state index contributed by atoms with van der Waals surface area (Å²) in [6.07, 6.45) is 1.13. The summed E-state index contributed by atoms with van der Waals surface area (Å²) >= 11 is 0. The van der Waals surface area contributed by atoms with Gasteiger partial charge in [-0.25, -0.2) is 9.59 Å². The van der Waals surface area contributed by atoms with E-state index in [2.05, 4.69) is 10.6 Å². The quantitative estimate of drug-likeness (QED) is 0.744. The van der Waals surface area contributed by atoms with Crippen LogP contribution in [0.5, 0.6) is 0 Å². The molecule has 0 aromatic heterocycles. The number of carbonyl (C=O) groups is 2. The fourth-order valence-electron chi connectivity index (χ4n) is 1.86. The number of likely N-dealkylation sites (tertiary alicyclic amines) is 1. The molecule has 1 aliphatic rings. The van der Waals surface area contributed by atoms with Crippen molar-refractivity contribution in [3.05, 3.63) is 0 Å². The SMILES string of the molecule is CNC(=O)N1CCC(NC(=O)OC(C)(C)C)CC1. The molecule has 1 fully saturated rings. The van der Waals surface area contributed by atoms with Gasteiger partial charge in [0, 0.05) is 26.2 Å². The smallest absolute Gasteiger partial charge is 0.407 e. The van der Waals surface area contributed by atoms with Gasteiger partial charge in [0.25, 0.3) is 0 Å². The van der Waals surface area contributed by atoms with Gasteiger partial charge in [-0.1, -0.05) is 0 Å². The van der Waals surface area contributed by atoms with E-state index < -0.39 is 5.60 Å². The van der Waals surface area contributed by atoms with Crippen LogP contribution >= 0.6 is 0 Å². The molecule has 0 saturated carbocycles. The highest BCUT2D eigenvalue weighted by atomic mass is 16.6. The Hall–Kier alpha value is -1.46. The van der Waals surface area contributed by atoms with Crippen molar-refractivity contribution in [1.29, 1.82) is 0 Å². The molecule has 0 atom stereocenters. The molecule has 6 nitrogen and oxygen atoms in total. The number of hydrogen-bond donors (Lipinski definition) is 2. The van der Waals surface area contributed by atoms with Crippen molar-refractivity contribution >= 4 is 12.1 Å². The number of alkyl carbamates (subject to hydrolysis) is 1. The monoisotopic (exact) mass is 257 g/mol. The third-order valence-electron chi connectivity index (χ3n) is 2.72. The number of nitrogens with zero attached hydrogens (tertiary/aromatic N) is 1. The van der Waals surface area contributed by atoms with Crippen LogP contribution in [0.1, 0.15) is 33.6 Å². The average Bonchev–Trinajstić information content (AvgIpc) is 2.26. The Labute approximate surface area is 108 Å². The van der Waals surface area contributed by atoms with E-state index in [4.69, 9.17) is 4.74 Å². The van der Waals surface area contributed by atoms with Crippen LogP contribution in [0.3, 0.4) is 0 Å². The first kappa shape index (κ1) is 14.6. The Morgan fingerprint density at radius 3 is 2.22 bits per heavy atom. The molecule has 18 heavy (non-hydrogen) atoms. The molecular formula is C12H23N3O3. The summed E-state index contributed by atoms with van der Waals surface area (Å²) in [6.45, 7) is 6.81. The highest BCUT2D eigenvalue weighted by Gasteiger charge is 2.25. The summed E-state index contributed by atoms with van der Waals surface area (Å²) in [4.78, 5) is 24.7. The summed E-state index contributed by atoms with van der Waals surface area (Å²) in [5.41, 5.74) is -0.479. The molecule has 1 rings (SSSR count). The molecule has 1 saturated heterocycles. The lowest BCUT2D eigenvalue weighted by Crippen LogP contribution is -2.49. The normalized spacial score (nSPS) is 17.2. The van der Waals surface area contributed by atoms with Crippen LogP contribution in [-0.2, 0) is 4.74 Å². The second-order valence-electron chi connectivity index (χ2n) is 5.46. The van der Waals surface area contributed by atoms with Gasteiger partial charge in [-0.2, -0.15) is 0 Å². The van der Waals surface area contributed by atoms with E-state index in [9.17, 15) is 9.59 Å². The first-order chi connectivity index (χ1) is 8.31. The van der Waals surface area contributed by atoms with Crippen LogP contribution < -0.4 is 10.6 Å². The van der Waals surface area contributed by atoms with Crippen molar-refractivity contribution in [3.8, 4) is 0 Å². The zero-order valence-electron chi connectivity index (χ0n) is 11.6. The standard InChI is InChI=1S/C12H23N3O3/c1-12(2,3)18-11(17)14-9-5-7-15(8-6-9)10(16)13-4/h9H,5-8H2,1-4H3,(H,13,16)(H,14,17). The van der Waals surface area contributed by atoms with E-state index in [-0.39, 0.29) is 18.2 Å². The minimum Gasteiger partial charge on any atom is -0.444 e. The maximum absolute atomic E-state index is 11.6. The van der Waals surface area contributed by atoms with E-state index in [1.807, 2.05) is 20.8 Å². The molecule has 104 valence electrons. The number of ether oxygens (including phenoxy) is 1. The van der Waals surface area contributed by atoms with Crippen LogP contribution in [-0.4, -0.2) is 48.8 Å². The Morgan fingerprint density at radius 2 is 1.78 bits per heavy atom. The van der Waals surface area contributed by atoms with Gasteiger partial charge >= 0.3 is 12.1 Å². The number of rotatable bonds is 1. The van der Waals surface area contributed by atoms with Crippen molar-refractivity contribution in [2.75, 3.05) is 20.1 Å². The van der Waals surface area contributed by atoms with E-state index in [1.54, 1.807) is 11.9 Å². The van der Waals surface area contributed by atoms with Gasteiger partial charge in [-0.05, 0) is 33.6 Å². The van der Waals surface area contributed by atoms with E-state index >= 15 is 0 Å². The van der Waals surface area contributed by atoms with E-state index in [0.717, 1.165) is 12.8 Å². The summed E-state index contributed by atoms with van der Waals surface area (Å²) < 4.78 is 5.19. The van der Waals surface area contributed by atoms with Gasteiger partial charge in [-0.3, -0.25) is 0 Å². The second kappa shape index (κ2) is 5.93. The third kappa shape index (κ3) is 4.81. The Balaban J connectivity index is 2.31. The lowest BCUT2D eigenvalue weighted by molar-refractivity contribution is 0.0485. The number of urea groups is 1. The van der Waals surface area contributed by atoms with E-state index in [1.165, 1.54) is 0 Å². The second-order valence-corrected chi connectivity index (χ2v) is 5.46. The summed E-state index contributed by atoms with van der Waals surface area (Å²) in [7, 11) is 1.62. The number of carbonyl (C=O) groups excluding carboxylic acids is 2. The van der Waals surface area contributed by atoms with Gasteiger partial charge in [-0.15, -0.1) is 0 Å². The third-order valence-corrected chi connectivity index (χ3v) is 2.72. The van der Waals surface area contributed by atoms with Gasteiger partial charge in [0.1, 0.15) is 5.60 Å². The van der Waals surface area contributed by atoms with Gasteiger partial charge in [0.15, 0.2) is 0 Å². The highest BCUT2D eigenvalue weighted by molar-refractivity contribution is 5.74. The van der Waals surface area contributed by atoms with Crippen LogP contribution in [0.15, 0.2) is 0 Å². The number of hydrogen-bond acceptors (Lipinski definition) is 3. The first-order valence-electron chi connectivity index (χ1n) is 6.28. The van der Waals surface area contributed by atoms with Crippen LogP contribution in [0.4, 0.5) is 9.59 Å². The Morgan fingerprint density at radius 1 is 1.22 bits per heavy atom. The topological polar surface area (TPSA) is 70.7 Å². The molecule has 0 radical (unpaired) electrons. The molecular weight excluding hydrogens is 234 g/mol.